The summed E-state index contributed by atoms with van der Waals surface area (Å²) in [5.41, 5.74) is 0.667. The fraction of sp³-hybridized carbons (Fsp3) is 0.231. The third kappa shape index (κ3) is 3.62. The van der Waals surface area contributed by atoms with Crippen LogP contribution in [0.1, 0.15) is 15.9 Å². The average molecular weight is 249 g/mol. The van der Waals surface area contributed by atoms with Crippen LogP contribution in [0.4, 0.5) is 0 Å². The smallest absolute Gasteiger partial charge is 0.336 e. The van der Waals surface area contributed by atoms with Crippen molar-refractivity contribution in [3.63, 3.8) is 0 Å². The molecule has 1 aromatic carbocycles. The summed E-state index contributed by atoms with van der Waals surface area (Å²) in [5, 5.41) is 11.5. The van der Waals surface area contributed by atoms with Gasteiger partial charge in [0.2, 0.25) is 0 Å². The number of rotatable bonds is 6. The van der Waals surface area contributed by atoms with Crippen molar-refractivity contribution in [2.75, 3.05) is 13.2 Å². The Bertz CT molecular complexity index is 468. The van der Waals surface area contributed by atoms with Gasteiger partial charge in [-0.15, -0.1) is 6.58 Å². The SMILES string of the molecule is C=CCNC(=O)COc1cccc(C(=O)O)c1C. The van der Waals surface area contributed by atoms with Gasteiger partial charge < -0.3 is 15.2 Å². The van der Waals surface area contributed by atoms with E-state index in [0.29, 0.717) is 17.9 Å². The van der Waals surface area contributed by atoms with Gasteiger partial charge in [0.1, 0.15) is 5.75 Å². The predicted molar refractivity (Wildman–Crippen MR) is 66.8 cm³/mol. The normalized spacial score (nSPS) is 9.61. The van der Waals surface area contributed by atoms with Crippen LogP contribution in [-0.2, 0) is 4.79 Å². The maximum Gasteiger partial charge on any atom is 0.336 e. The predicted octanol–water partition coefficient (Wildman–Crippen LogP) is 1.37. The first-order valence-corrected chi connectivity index (χ1v) is 5.39. The molecule has 0 aliphatic carbocycles. The Hall–Kier alpha value is -2.30. The second-order valence-electron chi connectivity index (χ2n) is 3.62. The van der Waals surface area contributed by atoms with Gasteiger partial charge in [0.05, 0.1) is 5.56 Å². The number of hydrogen-bond donors (Lipinski definition) is 2. The van der Waals surface area contributed by atoms with E-state index < -0.39 is 5.97 Å². The topological polar surface area (TPSA) is 75.6 Å². The summed E-state index contributed by atoms with van der Waals surface area (Å²) in [7, 11) is 0. The van der Waals surface area contributed by atoms with Crippen LogP contribution in [0.2, 0.25) is 0 Å². The van der Waals surface area contributed by atoms with Gasteiger partial charge in [-0.1, -0.05) is 12.1 Å². The highest BCUT2D eigenvalue weighted by atomic mass is 16.5. The zero-order valence-electron chi connectivity index (χ0n) is 10.1. The van der Waals surface area contributed by atoms with E-state index in [2.05, 4.69) is 11.9 Å². The molecular formula is C13H15NO4. The fourth-order valence-electron chi connectivity index (χ4n) is 1.38. The Morgan fingerprint density at radius 1 is 1.50 bits per heavy atom. The Labute approximate surface area is 105 Å². The highest BCUT2D eigenvalue weighted by Crippen LogP contribution is 2.21. The molecule has 18 heavy (non-hydrogen) atoms. The van der Waals surface area contributed by atoms with Gasteiger partial charge >= 0.3 is 5.97 Å². The molecule has 0 radical (unpaired) electrons. The average Bonchev–Trinajstić information content (AvgIpc) is 2.34. The van der Waals surface area contributed by atoms with E-state index in [1.807, 2.05) is 0 Å². The van der Waals surface area contributed by atoms with E-state index in [1.165, 1.54) is 6.07 Å². The van der Waals surface area contributed by atoms with Crippen molar-refractivity contribution in [3.05, 3.63) is 42.0 Å². The van der Waals surface area contributed by atoms with Crippen molar-refractivity contribution in [3.8, 4) is 5.75 Å². The van der Waals surface area contributed by atoms with Crippen molar-refractivity contribution in [2.24, 2.45) is 0 Å². The lowest BCUT2D eigenvalue weighted by atomic mass is 10.1. The van der Waals surface area contributed by atoms with Crippen LogP contribution < -0.4 is 10.1 Å². The zero-order valence-corrected chi connectivity index (χ0v) is 10.1. The number of ether oxygens (including phenoxy) is 1. The van der Waals surface area contributed by atoms with E-state index in [1.54, 1.807) is 25.1 Å². The molecule has 1 rings (SSSR count). The molecule has 0 spiro atoms. The minimum absolute atomic E-state index is 0.155. The molecule has 0 bridgehead atoms. The lowest BCUT2D eigenvalue weighted by molar-refractivity contribution is -0.122. The van der Waals surface area contributed by atoms with Crippen LogP contribution in [0.3, 0.4) is 0 Å². The molecule has 0 aliphatic rings. The third-order valence-corrected chi connectivity index (χ3v) is 2.32. The Kier molecular flexibility index (Phi) is 4.92. The molecule has 96 valence electrons. The molecule has 0 aliphatic heterocycles. The number of aromatic carboxylic acids is 1. The summed E-state index contributed by atoms with van der Waals surface area (Å²) < 4.78 is 5.28. The monoisotopic (exact) mass is 249 g/mol. The summed E-state index contributed by atoms with van der Waals surface area (Å²) in [6.45, 7) is 5.33. The highest BCUT2D eigenvalue weighted by molar-refractivity contribution is 5.90. The number of carbonyl (C=O) groups excluding carboxylic acids is 1. The van der Waals surface area contributed by atoms with E-state index in [9.17, 15) is 9.59 Å². The van der Waals surface area contributed by atoms with Crippen molar-refractivity contribution in [1.82, 2.24) is 5.32 Å². The van der Waals surface area contributed by atoms with Crippen LogP contribution in [0, 0.1) is 6.92 Å². The van der Waals surface area contributed by atoms with Crippen LogP contribution >= 0.6 is 0 Å². The second-order valence-corrected chi connectivity index (χ2v) is 3.62. The van der Waals surface area contributed by atoms with Gasteiger partial charge in [-0.05, 0) is 19.1 Å². The molecule has 2 N–H and O–H groups in total. The molecule has 0 heterocycles. The van der Waals surface area contributed by atoms with Gasteiger partial charge in [-0.2, -0.15) is 0 Å². The molecule has 1 amide bonds. The quantitative estimate of drug-likeness (QED) is 0.747. The molecule has 0 aromatic heterocycles. The zero-order chi connectivity index (χ0) is 13.5. The summed E-state index contributed by atoms with van der Waals surface area (Å²) in [6.07, 6.45) is 1.56. The number of carboxylic acids is 1. The molecule has 0 saturated heterocycles. The molecule has 0 fully saturated rings. The van der Waals surface area contributed by atoms with Gasteiger partial charge in [-0.3, -0.25) is 4.79 Å². The molecule has 0 unspecified atom stereocenters. The summed E-state index contributed by atoms with van der Waals surface area (Å²) in [6, 6.07) is 4.69. The van der Waals surface area contributed by atoms with Crippen LogP contribution in [0.15, 0.2) is 30.9 Å². The summed E-state index contributed by atoms with van der Waals surface area (Å²) in [5.74, 6) is -0.909. The summed E-state index contributed by atoms with van der Waals surface area (Å²) in [4.78, 5) is 22.2. The van der Waals surface area contributed by atoms with Crippen molar-refractivity contribution in [1.29, 1.82) is 0 Å². The molecular weight excluding hydrogens is 234 g/mol. The van der Waals surface area contributed by atoms with Gasteiger partial charge in [0, 0.05) is 12.1 Å². The molecule has 5 heteroatoms. The number of nitrogens with one attached hydrogen (secondary N) is 1. The Balaban J connectivity index is 2.68. The third-order valence-electron chi connectivity index (χ3n) is 2.32. The first-order valence-electron chi connectivity index (χ1n) is 5.39. The largest absolute Gasteiger partial charge is 0.483 e. The van der Waals surface area contributed by atoms with Gasteiger partial charge in [0.15, 0.2) is 6.61 Å². The van der Waals surface area contributed by atoms with Crippen molar-refractivity contribution in [2.45, 2.75) is 6.92 Å². The van der Waals surface area contributed by atoms with Gasteiger partial charge in [-0.25, -0.2) is 4.79 Å². The maximum atomic E-state index is 11.3. The summed E-state index contributed by atoms with van der Waals surface area (Å²) >= 11 is 0. The van der Waals surface area contributed by atoms with E-state index in [4.69, 9.17) is 9.84 Å². The van der Waals surface area contributed by atoms with Crippen LogP contribution in [0.5, 0.6) is 5.75 Å². The minimum atomic E-state index is -1.02. The fourth-order valence-corrected chi connectivity index (χ4v) is 1.38. The Morgan fingerprint density at radius 3 is 2.83 bits per heavy atom. The second kappa shape index (κ2) is 6.44. The number of benzene rings is 1. The lowest BCUT2D eigenvalue weighted by Crippen LogP contribution is -2.29. The number of amides is 1. The van der Waals surface area contributed by atoms with E-state index in [-0.39, 0.29) is 18.1 Å². The number of carboxylic acid groups (broad SMARTS) is 1. The lowest BCUT2D eigenvalue weighted by Gasteiger charge is -2.10. The number of hydrogen-bond acceptors (Lipinski definition) is 3. The molecule has 1 aromatic rings. The Morgan fingerprint density at radius 2 is 2.22 bits per heavy atom. The van der Waals surface area contributed by atoms with Crippen LogP contribution in [-0.4, -0.2) is 30.1 Å². The van der Waals surface area contributed by atoms with Crippen LogP contribution in [0.25, 0.3) is 0 Å². The van der Waals surface area contributed by atoms with Crippen molar-refractivity contribution < 1.29 is 19.4 Å². The number of carbonyl (C=O) groups is 2. The van der Waals surface area contributed by atoms with E-state index >= 15 is 0 Å². The van der Waals surface area contributed by atoms with Gasteiger partial charge in [0.25, 0.3) is 5.91 Å². The first-order chi connectivity index (χ1) is 8.56. The molecule has 5 nitrogen and oxygen atoms in total. The van der Waals surface area contributed by atoms with Crippen molar-refractivity contribution >= 4 is 11.9 Å². The molecule has 0 saturated carbocycles. The minimum Gasteiger partial charge on any atom is -0.483 e. The first kappa shape index (κ1) is 13.8. The van der Waals surface area contributed by atoms with E-state index in [0.717, 1.165) is 0 Å². The highest BCUT2D eigenvalue weighted by Gasteiger charge is 2.11. The standard InChI is InChI=1S/C13H15NO4/c1-3-7-14-12(15)8-18-11-6-4-5-10(9(11)2)13(16)17/h3-6H,1,7-8H2,2H3,(H,14,15)(H,16,17). The maximum absolute atomic E-state index is 11.3. The molecule has 0 atom stereocenters.